The van der Waals surface area contributed by atoms with E-state index in [9.17, 15) is 9.18 Å². The van der Waals surface area contributed by atoms with Gasteiger partial charge in [-0.15, -0.1) is 0 Å². The van der Waals surface area contributed by atoms with Gasteiger partial charge in [0.1, 0.15) is 16.8 Å². The monoisotopic (exact) mass is 327 g/mol. The summed E-state index contributed by atoms with van der Waals surface area (Å²) in [5, 5.41) is 5.74. The minimum atomic E-state index is -0.545. The predicted octanol–water partition coefficient (Wildman–Crippen LogP) is 4.21. The van der Waals surface area contributed by atoms with E-state index in [0.717, 1.165) is 0 Å². The molecule has 2 rings (SSSR count). The first-order valence-corrected chi connectivity index (χ1v) is 6.93. The van der Waals surface area contributed by atoms with Gasteiger partial charge >= 0.3 is 0 Å². The average Bonchev–Trinajstić information content (AvgIpc) is 2.42. The highest BCUT2D eigenvalue weighted by Gasteiger charge is 2.10. The summed E-state index contributed by atoms with van der Waals surface area (Å²) in [5.74, 6) is -0.426. The molecule has 1 heterocycles. The maximum atomic E-state index is 13.1. The Morgan fingerprint density at radius 3 is 2.71 bits per heavy atom. The Bertz CT molecular complexity index is 679. The van der Waals surface area contributed by atoms with Crippen molar-refractivity contribution in [2.45, 2.75) is 6.92 Å². The lowest BCUT2D eigenvalue weighted by molar-refractivity contribution is 0.102. The second-order valence-corrected chi connectivity index (χ2v) is 4.97. The zero-order valence-electron chi connectivity index (χ0n) is 11.1. The molecular weight excluding hydrogens is 316 g/mol. The quantitative estimate of drug-likeness (QED) is 0.827. The predicted molar refractivity (Wildman–Crippen MR) is 82.8 cm³/mol. The van der Waals surface area contributed by atoms with E-state index in [2.05, 4.69) is 15.6 Å². The Labute approximate surface area is 131 Å². The van der Waals surface area contributed by atoms with Gasteiger partial charge in [-0.25, -0.2) is 9.37 Å². The summed E-state index contributed by atoms with van der Waals surface area (Å²) in [4.78, 5) is 16.2. The smallest absolute Gasteiger partial charge is 0.255 e. The molecule has 0 aliphatic heterocycles. The van der Waals surface area contributed by atoms with E-state index in [1.54, 1.807) is 6.07 Å². The summed E-state index contributed by atoms with van der Waals surface area (Å²) in [6.45, 7) is 2.56. The van der Waals surface area contributed by atoms with E-state index in [4.69, 9.17) is 23.2 Å². The number of nitrogens with zero attached hydrogens (tertiary/aromatic N) is 1. The van der Waals surface area contributed by atoms with Gasteiger partial charge in [-0.05, 0) is 37.3 Å². The minimum absolute atomic E-state index is 0.0612. The molecular formula is C14H12Cl2FN3O. The van der Waals surface area contributed by atoms with Crippen LogP contribution in [-0.4, -0.2) is 17.4 Å². The van der Waals surface area contributed by atoms with E-state index in [1.165, 1.54) is 24.3 Å². The average molecular weight is 328 g/mol. The van der Waals surface area contributed by atoms with Crippen molar-refractivity contribution in [2.75, 3.05) is 17.2 Å². The van der Waals surface area contributed by atoms with Gasteiger partial charge in [0.2, 0.25) is 0 Å². The Morgan fingerprint density at radius 1 is 1.29 bits per heavy atom. The fourth-order valence-electron chi connectivity index (χ4n) is 1.68. The van der Waals surface area contributed by atoms with E-state index < -0.39 is 5.82 Å². The molecule has 0 saturated carbocycles. The molecule has 4 nitrogen and oxygen atoms in total. The number of aromatic nitrogens is 1. The van der Waals surface area contributed by atoms with Crippen molar-refractivity contribution in [2.24, 2.45) is 0 Å². The van der Waals surface area contributed by atoms with Crippen molar-refractivity contribution in [3.8, 4) is 0 Å². The molecule has 2 N–H and O–H groups in total. The summed E-state index contributed by atoms with van der Waals surface area (Å²) < 4.78 is 13.1. The van der Waals surface area contributed by atoms with Crippen LogP contribution in [0.2, 0.25) is 10.2 Å². The van der Waals surface area contributed by atoms with Gasteiger partial charge in [0.25, 0.3) is 5.91 Å². The number of nitrogens with one attached hydrogen (secondary N) is 2. The number of rotatable bonds is 4. The Morgan fingerprint density at radius 2 is 2.05 bits per heavy atom. The molecule has 0 aliphatic rings. The zero-order chi connectivity index (χ0) is 15.4. The van der Waals surface area contributed by atoms with Crippen LogP contribution >= 0.6 is 23.2 Å². The molecule has 0 fully saturated rings. The van der Waals surface area contributed by atoms with Crippen LogP contribution in [-0.2, 0) is 0 Å². The highest BCUT2D eigenvalue weighted by Crippen LogP contribution is 2.21. The molecule has 2 aromatic rings. The number of benzene rings is 1. The van der Waals surface area contributed by atoms with Crippen LogP contribution in [0.5, 0.6) is 0 Å². The molecule has 7 heteroatoms. The number of halogens is 3. The first-order valence-electron chi connectivity index (χ1n) is 6.17. The summed E-state index contributed by atoms with van der Waals surface area (Å²) in [6.07, 6.45) is 0. The number of carbonyl (C=O) groups excluding carboxylic acids is 1. The standard InChI is InChI=1S/C14H12Cl2FN3O/c1-2-18-13-6-8(5-12(16)20-13)14(21)19-9-3-4-11(17)10(15)7-9/h3-7H,2H2,1H3,(H,18,20)(H,19,21). The Hall–Kier alpha value is -1.85. The maximum absolute atomic E-state index is 13.1. The van der Waals surface area contributed by atoms with Gasteiger partial charge in [-0.1, -0.05) is 23.2 Å². The van der Waals surface area contributed by atoms with Crippen molar-refractivity contribution in [1.29, 1.82) is 0 Å². The van der Waals surface area contributed by atoms with Crippen LogP contribution < -0.4 is 10.6 Å². The van der Waals surface area contributed by atoms with Gasteiger partial charge in [-0.2, -0.15) is 0 Å². The van der Waals surface area contributed by atoms with E-state index in [-0.39, 0.29) is 16.1 Å². The molecule has 0 unspecified atom stereocenters. The molecule has 0 bridgehead atoms. The lowest BCUT2D eigenvalue weighted by atomic mass is 10.2. The lowest BCUT2D eigenvalue weighted by Gasteiger charge is -2.08. The fraction of sp³-hybridized carbons (Fsp3) is 0.143. The summed E-state index contributed by atoms with van der Waals surface area (Å²) >= 11 is 11.5. The van der Waals surface area contributed by atoms with Gasteiger partial charge in [0, 0.05) is 17.8 Å². The van der Waals surface area contributed by atoms with Gasteiger partial charge in [-0.3, -0.25) is 4.79 Å². The fourth-order valence-corrected chi connectivity index (χ4v) is 2.07. The zero-order valence-corrected chi connectivity index (χ0v) is 12.6. The summed E-state index contributed by atoms with van der Waals surface area (Å²) in [6, 6.07) is 6.97. The van der Waals surface area contributed by atoms with Crippen molar-refractivity contribution in [3.63, 3.8) is 0 Å². The number of anilines is 2. The molecule has 1 amide bonds. The van der Waals surface area contributed by atoms with E-state index in [1.807, 2.05) is 6.92 Å². The second kappa shape index (κ2) is 6.74. The first kappa shape index (κ1) is 15.5. The topological polar surface area (TPSA) is 54.0 Å². The van der Waals surface area contributed by atoms with E-state index in [0.29, 0.717) is 23.6 Å². The summed E-state index contributed by atoms with van der Waals surface area (Å²) in [5.41, 5.74) is 0.732. The third kappa shape index (κ3) is 4.06. The number of carbonyl (C=O) groups is 1. The molecule has 1 aromatic heterocycles. The van der Waals surface area contributed by atoms with Crippen LogP contribution in [0.1, 0.15) is 17.3 Å². The molecule has 21 heavy (non-hydrogen) atoms. The van der Waals surface area contributed by atoms with Crippen molar-refractivity contribution < 1.29 is 9.18 Å². The minimum Gasteiger partial charge on any atom is -0.370 e. The van der Waals surface area contributed by atoms with Crippen LogP contribution in [0.25, 0.3) is 0 Å². The number of hydrogen-bond donors (Lipinski definition) is 2. The van der Waals surface area contributed by atoms with E-state index >= 15 is 0 Å². The van der Waals surface area contributed by atoms with Gasteiger partial charge in [0.05, 0.1) is 5.02 Å². The van der Waals surface area contributed by atoms with Gasteiger partial charge in [0.15, 0.2) is 0 Å². The molecule has 1 aromatic carbocycles. The largest absolute Gasteiger partial charge is 0.370 e. The second-order valence-electron chi connectivity index (χ2n) is 4.18. The first-order chi connectivity index (χ1) is 9.99. The molecule has 0 radical (unpaired) electrons. The third-order valence-electron chi connectivity index (χ3n) is 2.59. The van der Waals surface area contributed by atoms with Crippen molar-refractivity contribution >= 4 is 40.6 Å². The van der Waals surface area contributed by atoms with Crippen LogP contribution in [0.15, 0.2) is 30.3 Å². The number of amides is 1. The number of pyridine rings is 1. The van der Waals surface area contributed by atoms with Crippen LogP contribution in [0.4, 0.5) is 15.9 Å². The highest BCUT2D eigenvalue weighted by atomic mass is 35.5. The van der Waals surface area contributed by atoms with Crippen molar-refractivity contribution in [3.05, 3.63) is 51.9 Å². The molecule has 0 aliphatic carbocycles. The Balaban J connectivity index is 2.21. The van der Waals surface area contributed by atoms with Crippen LogP contribution in [0.3, 0.4) is 0 Å². The van der Waals surface area contributed by atoms with Crippen molar-refractivity contribution in [1.82, 2.24) is 4.98 Å². The SMILES string of the molecule is CCNc1cc(C(=O)Nc2ccc(F)c(Cl)c2)cc(Cl)n1. The molecule has 0 atom stereocenters. The normalized spacial score (nSPS) is 10.3. The Kier molecular flexibility index (Phi) is 4.98. The summed E-state index contributed by atoms with van der Waals surface area (Å²) in [7, 11) is 0. The maximum Gasteiger partial charge on any atom is 0.255 e. The lowest BCUT2D eigenvalue weighted by Crippen LogP contribution is -2.13. The molecule has 0 spiro atoms. The molecule has 110 valence electrons. The van der Waals surface area contributed by atoms with Gasteiger partial charge < -0.3 is 10.6 Å². The highest BCUT2D eigenvalue weighted by molar-refractivity contribution is 6.31. The third-order valence-corrected chi connectivity index (χ3v) is 3.07. The number of hydrogen-bond acceptors (Lipinski definition) is 3. The molecule has 0 saturated heterocycles. The van der Waals surface area contributed by atoms with Crippen LogP contribution in [0, 0.1) is 5.82 Å².